The molecular weight excluding hydrogens is 450 g/mol. The molecule has 0 bridgehead atoms. The summed E-state index contributed by atoms with van der Waals surface area (Å²) >= 11 is 1.67. The molecule has 0 aromatic carbocycles. The van der Waals surface area contributed by atoms with Crippen molar-refractivity contribution in [2.75, 3.05) is 13.6 Å². The van der Waals surface area contributed by atoms with Gasteiger partial charge in [0.15, 0.2) is 5.96 Å². The Morgan fingerprint density at radius 2 is 2.00 bits per heavy atom. The van der Waals surface area contributed by atoms with Crippen molar-refractivity contribution < 1.29 is 13.2 Å². The summed E-state index contributed by atoms with van der Waals surface area (Å²) in [6, 6.07) is 2.17. The van der Waals surface area contributed by atoms with Crippen molar-refractivity contribution >= 4 is 41.3 Å². The third-order valence-corrected chi connectivity index (χ3v) is 5.14. The van der Waals surface area contributed by atoms with E-state index in [-0.39, 0.29) is 42.9 Å². The molecule has 2 rings (SSSR count). The number of nitrogens with zero attached hydrogens (tertiary/aromatic N) is 1. The zero-order valence-electron chi connectivity index (χ0n) is 13.9. The van der Waals surface area contributed by atoms with Crippen LogP contribution in [0.2, 0.25) is 0 Å². The van der Waals surface area contributed by atoms with Gasteiger partial charge >= 0.3 is 6.18 Å². The van der Waals surface area contributed by atoms with E-state index < -0.39 is 12.1 Å². The first-order valence-electron chi connectivity index (χ1n) is 7.96. The van der Waals surface area contributed by atoms with Gasteiger partial charge < -0.3 is 10.6 Å². The van der Waals surface area contributed by atoms with Crippen molar-refractivity contribution in [3.63, 3.8) is 0 Å². The fraction of sp³-hybridized carbons (Fsp3) is 0.688. The van der Waals surface area contributed by atoms with Crippen molar-refractivity contribution in [1.82, 2.24) is 10.6 Å². The maximum Gasteiger partial charge on any atom is 0.391 e. The number of aliphatic imine (C=N–C) groups is 1. The minimum absolute atomic E-state index is 0. The molecule has 1 aliphatic carbocycles. The van der Waals surface area contributed by atoms with Crippen LogP contribution in [0.15, 0.2) is 21.8 Å². The van der Waals surface area contributed by atoms with Gasteiger partial charge in [-0.05, 0) is 54.0 Å². The summed E-state index contributed by atoms with van der Waals surface area (Å²) in [5.41, 5.74) is 1.28. The number of guanidine groups is 1. The van der Waals surface area contributed by atoms with E-state index in [1.54, 1.807) is 18.4 Å². The van der Waals surface area contributed by atoms with Gasteiger partial charge in [-0.15, -0.1) is 24.0 Å². The van der Waals surface area contributed by atoms with Gasteiger partial charge in [0.1, 0.15) is 0 Å². The molecule has 1 unspecified atom stereocenters. The lowest BCUT2D eigenvalue weighted by molar-refractivity contribution is -0.182. The van der Waals surface area contributed by atoms with Crippen LogP contribution in [0, 0.1) is 5.92 Å². The Balaban J connectivity index is 0.00000288. The van der Waals surface area contributed by atoms with Crippen LogP contribution in [0.25, 0.3) is 0 Å². The molecule has 0 spiro atoms. The Labute approximate surface area is 162 Å². The van der Waals surface area contributed by atoms with E-state index in [9.17, 15) is 13.2 Å². The van der Waals surface area contributed by atoms with Crippen LogP contribution >= 0.6 is 35.3 Å². The van der Waals surface area contributed by atoms with Crippen molar-refractivity contribution in [2.45, 2.75) is 50.7 Å². The number of thiophene rings is 1. The van der Waals surface area contributed by atoms with E-state index in [2.05, 4.69) is 39.4 Å². The summed E-state index contributed by atoms with van der Waals surface area (Å²) in [7, 11) is 1.69. The molecule has 1 atom stereocenters. The molecule has 1 heterocycles. The number of hydrogen-bond donors (Lipinski definition) is 2. The first-order chi connectivity index (χ1) is 10.9. The van der Waals surface area contributed by atoms with Crippen LogP contribution in [-0.4, -0.2) is 31.8 Å². The predicted octanol–water partition coefficient (Wildman–Crippen LogP) is 4.76. The van der Waals surface area contributed by atoms with Crippen LogP contribution in [-0.2, 0) is 0 Å². The summed E-state index contributed by atoms with van der Waals surface area (Å²) in [4.78, 5) is 4.18. The van der Waals surface area contributed by atoms with Gasteiger partial charge in [0.05, 0.1) is 5.92 Å². The molecule has 3 nitrogen and oxygen atoms in total. The van der Waals surface area contributed by atoms with E-state index in [0.717, 1.165) is 6.54 Å². The highest BCUT2D eigenvalue weighted by Crippen LogP contribution is 2.37. The SMILES string of the molecule is CN=C(NCC(C)c1ccsc1)NC1CCC(C(F)(F)F)CC1.I. The van der Waals surface area contributed by atoms with Gasteiger partial charge in [0.2, 0.25) is 0 Å². The first-order valence-corrected chi connectivity index (χ1v) is 8.90. The Hall–Kier alpha value is -0.510. The smallest absolute Gasteiger partial charge is 0.356 e. The molecule has 138 valence electrons. The van der Waals surface area contributed by atoms with Crippen LogP contribution in [0.4, 0.5) is 13.2 Å². The Bertz CT molecular complexity index is 497. The van der Waals surface area contributed by atoms with Gasteiger partial charge in [-0.2, -0.15) is 24.5 Å². The molecule has 1 aliphatic rings. The Morgan fingerprint density at radius 3 is 2.50 bits per heavy atom. The lowest BCUT2D eigenvalue weighted by atomic mass is 9.85. The number of halogens is 4. The van der Waals surface area contributed by atoms with Gasteiger partial charge in [0, 0.05) is 19.6 Å². The van der Waals surface area contributed by atoms with Gasteiger partial charge in [-0.1, -0.05) is 6.92 Å². The van der Waals surface area contributed by atoms with Crippen molar-refractivity contribution in [2.24, 2.45) is 10.9 Å². The van der Waals surface area contributed by atoms with Crippen molar-refractivity contribution in [1.29, 1.82) is 0 Å². The molecule has 0 radical (unpaired) electrons. The van der Waals surface area contributed by atoms with Crippen molar-refractivity contribution in [3.05, 3.63) is 22.4 Å². The van der Waals surface area contributed by atoms with Crippen molar-refractivity contribution in [3.8, 4) is 0 Å². The zero-order chi connectivity index (χ0) is 16.9. The van der Waals surface area contributed by atoms with Gasteiger partial charge in [-0.25, -0.2) is 0 Å². The monoisotopic (exact) mass is 475 g/mol. The molecule has 8 heteroatoms. The highest BCUT2D eigenvalue weighted by atomic mass is 127. The van der Waals surface area contributed by atoms with E-state index in [1.807, 2.05) is 0 Å². The predicted molar refractivity (Wildman–Crippen MR) is 104 cm³/mol. The lowest BCUT2D eigenvalue weighted by Gasteiger charge is -2.31. The number of rotatable bonds is 4. The summed E-state index contributed by atoms with van der Waals surface area (Å²) in [6.45, 7) is 2.88. The van der Waals surface area contributed by atoms with Gasteiger partial charge in [-0.3, -0.25) is 4.99 Å². The molecule has 1 fully saturated rings. The molecule has 0 saturated heterocycles. The fourth-order valence-corrected chi connectivity index (χ4v) is 3.66. The molecule has 1 aromatic rings. The highest BCUT2D eigenvalue weighted by Gasteiger charge is 2.41. The molecule has 1 aromatic heterocycles. The van der Waals surface area contributed by atoms with E-state index in [1.165, 1.54) is 5.56 Å². The second-order valence-electron chi connectivity index (χ2n) is 6.15. The second-order valence-corrected chi connectivity index (χ2v) is 6.93. The molecule has 24 heavy (non-hydrogen) atoms. The Kier molecular flexibility index (Phi) is 8.83. The maximum atomic E-state index is 12.7. The molecule has 1 saturated carbocycles. The number of hydrogen-bond acceptors (Lipinski definition) is 2. The fourth-order valence-electron chi connectivity index (χ4n) is 2.88. The van der Waals surface area contributed by atoms with Crippen LogP contribution in [0.1, 0.15) is 44.1 Å². The summed E-state index contributed by atoms with van der Waals surface area (Å²) in [5, 5.41) is 10.7. The highest BCUT2D eigenvalue weighted by molar-refractivity contribution is 14.0. The molecule has 0 amide bonds. The third kappa shape index (κ3) is 6.42. The lowest BCUT2D eigenvalue weighted by Crippen LogP contribution is -2.46. The van der Waals surface area contributed by atoms with E-state index in [4.69, 9.17) is 0 Å². The first kappa shape index (κ1) is 21.5. The van der Waals surface area contributed by atoms with Crippen LogP contribution < -0.4 is 10.6 Å². The standard InChI is InChI=1S/C16H24F3N3S.HI/c1-11(12-7-8-23-10-12)9-21-15(20-2)22-14-5-3-13(4-6-14)16(17,18)19;/h7-8,10-11,13-14H,3-6,9H2,1-2H3,(H2,20,21,22);1H. The minimum Gasteiger partial charge on any atom is -0.356 e. The normalized spacial score (nSPS) is 23.3. The molecule has 0 aliphatic heterocycles. The average Bonchev–Trinajstić information content (AvgIpc) is 3.05. The third-order valence-electron chi connectivity index (χ3n) is 4.44. The van der Waals surface area contributed by atoms with E-state index >= 15 is 0 Å². The summed E-state index contributed by atoms with van der Waals surface area (Å²) in [6.07, 6.45) is -2.59. The second kappa shape index (κ2) is 9.84. The Morgan fingerprint density at radius 1 is 1.33 bits per heavy atom. The zero-order valence-corrected chi connectivity index (χ0v) is 17.0. The topological polar surface area (TPSA) is 36.4 Å². The number of alkyl halides is 3. The summed E-state index contributed by atoms with van der Waals surface area (Å²) in [5.74, 6) is -0.113. The van der Waals surface area contributed by atoms with Crippen LogP contribution in [0.5, 0.6) is 0 Å². The minimum atomic E-state index is -4.05. The molecular formula is C16H25F3IN3S. The average molecular weight is 475 g/mol. The van der Waals surface area contributed by atoms with Gasteiger partial charge in [0.25, 0.3) is 0 Å². The largest absolute Gasteiger partial charge is 0.391 e. The summed E-state index contributed by atoms with van der Waals surface area (Å²) < 4.78 is 38.1. The quantitative estimate of drug-likeness (QED) is 0.375. The van der Waals surface area contributed by atoms with Crippen LogP contribution in [0.3, 0.4) is 0 Å². The molecule has 2 N–H and O–H groups in total. The maximum absolute atomic E-state index is 12.7. The van der Waals surface area contributed by atoms with E-state index in [0.29, 0.717) is 24.7 Å². The number of nitrogens with one attached hydrogen (secondary N) is 2.